The van der Waals surface area contributed by atoms with Crippen LogP contribution < -0.4 is 5.32 Å². The van der Waals surface area contributed by atoms with E-state index in [1.165, 1.54) is 0 Å². The highest BCUT2D eigenvalue weighted by Gasteiger charge is 2.24. The van der Waals surface area contributed by atoms with E-state index in [9.17, 15) is 9.59 Å². The molecule has 1 amide bonds. The van der Waals surface area contributed by atoms with Gasteiger partial charge < -0.3 is 5.32 Å². The minimum absolute atomic E-state index is 0.0341. The first-order chi connectivity index (χ1) is 12.0. The number of para-hydroxylation sites is 1. The molecule has 1 N–H and O–H groups in total. The lowest BCUT2D eigenvalue weighted by Gasteiger charge is -2.21. The van der Waals surface area contributed by atoms with Gasteiger partial charge in [0.25, 0.3) is 0 Å². The van der Waals surface area contributed by atoms with Gasteiger partial charge in [-0.1, -0.05) is 84.0 Å². The van der Waals surface area contributed by atoms with Crippen LogP contribution in [0.3, 0.4) is 0 Å². The van der Waals surface area contributed by atoms with E-state index >= 15 is 0 Å². The molecule has 0 aliphatic rings. The molecule has 2 aromatic carbocycles. The Morgan fingerprint density at radius 3 is 1.88 bits per heavy atom. The number of amides is 1. The van der Waals surface area contributed by atoms with Crippen LogP contribution in [0.15, 0.2) is 48.5 Å². The fourth-order valence-electron chi connectivity index (χ4n) is 2.51. The third kappa shape index (κ3) is 4.81. The molecule has 0 unspecified atom stereocenters. The van der Waals surface area contributed by atoms with Gasteiger partial charge in [0.15, 0.2) is 0 Å². The molecule has 0 heterocycles. The first-order valence-corrected chi connectivity index (χ1v) is 9.02. The molecule has 0 aliphatic carbocycles. The Morgan fingerprint density at radius 1 is 0.769 bits per heavy atom. The van der Waals surface area contributed by atoms with Crippen molar-refractivity contribution < 1.29 is 9.59 Å². The molecule has 3 heteroatoms. The molecule has 3 nitrogen and oxygen atoms in total. The first kappa shape index (κ1) is 19.9. The van der Waals surface area contributed by atoms with Crippen LogP contribution in [0.1, 0.15) is 47.1 Å². The molecule has 0 spiro atoms. The smallest absolute Gasteiger partial charge is 0.229 e. The summed E-state index contributed by atoms with van der Waals surface area (Å²) in [5, 5.41) is 3.04. The molecule has 2 aromatic rings. The summed E-state index contributed by atoms with van der Waals surface area (Å²) in [7, 11) is 0. The summed E-state index contributed by atoms with van der Waals surface area (Å²) in [6, 6.07) is 15.7. The van der Waals surface area contributed by atoms with Gasteiger partial charge in [-0.15, -0.1) is 0 Å². The molecule has 0 aromatic heterocycles. The molecule has 0 saturated heterocycles. The van der Waals surface area contributed by atoms with Crippen LogP contribution in [0.2, 0.25) is 0 Å². The summed E-state index contributed by atoms with van der Waals surface area (Å²) < 4.78 is 0. The lowest BCUT2D eigenvalue weighted by molar-refractivity contribution is -0.125. The fourth-order valence-corrected chi connectivity index (χ4v) is 2.51. The lowest BCUT2D eigenvalue weighted by atomic mass is 9.85. The summed E-state index contributed by atoms with van der Waals surface area (Å²) in [4.78, 5) is 25.0. The summed E-state index contributed by atoms with van der Waals surface area (Å²) >= 11 is 0. The number of nitrogens with one attached hydrogen (secondary N) is 1. The molecule has 0 saturated carbocycles. The number of benzene rings is 2. The first-order valence-electron chi connectivity index (χ1n) is 9.02. The molecular weight excluding hydrogens is 322 g/mol. The zero-order valence-electron chi connectivity index (χ0n) is 16.6. The van der Waals surface area contributed by atoms with Gasteiger partial charge >= 0.3 is 0 Å². The van der Waals surface area contributed by atoms with Crippen LogP contribution in [0, 0.1) is 10.8 Å². The van der Waals surface area contributed by atoms with Crippen molar-refractivity contribution in [3.63, 3.8) is 0 Å². The number of hydrogen-bond acceptors (Lipinski definition) is 2. The number of rotatable bonds is 4. The minimum atomic E-state index is -0.477. The zero-order chi connectivity index (χ0) is 19.5. The molecule has 0 radical (unpaired) electrons. The number of hydrogen-bond donors (Lipinski definition) is 1. The third-order valence-corrected chi connectivity index (χ3v) is 4.35. The van der Waals surface area contributed by atoms with Crippen LogP contribution in [-0.4, -0.2) is 11.7 Å². The van der Waals surface area contributed by atoms with Crippen molar-refractivity contribution in [1.29, 1.82) is 0 Å². The second-order valence-electron chi connectivity index (χ2n) is 8.76. The van der Waals surface area contributed by atoms with Crippen molar-refractivity contribution in [2.75, 3.05) is 5.32 Å². The second kappa shape index (κ2) is 7.45. The molecule has 2 rings (SSSR count). The summed E-state index contributed by atoms with van der Waals surface area (Å²) in [6.07, 6.45) is 0.376. The standard InChI is InChI=1S/C23H29NO2/c1-22(2,3)20(25)15-16-11-7-8-12-17(16)18-13-9-10-14-19(18)24-21(26)23(4,5)6/h7-14H,15H2,1-6H3,(H,24,26). The van der Waals surface area contributed by atoms with Gasteiger partial charge in [0.1, 0.15) is 5.78 Å². The lowest BCUT2D eigenvalue weighted by Crippen LogP contribution is -2.27. The van der Waals surface area contributed by atoms with E-state index in [4.69, 9.17) is 0 Å². The van der Waals surface area contributed by atoms with Gasteiger partial charge in [0, 0.05) is 28.5 Å². The highest BCUT2D eigenvalue weighted by atomic mass is 16.2. The number of ketones is 1. The number of carbonyl (C=O) groups is 2. The van der Waals surface area contributed by atoms with E-state index in [1.807, 2.05) is 90.1 Å². The van der Waals surface area contributed by atoms with Crippen LogP contribution >= 0.6 is 0 Å². The van der Waals surface area contributed by atoms with Crippen LogP contribution in [-0.2, 0) is 16.0 Å². The van der Waals surface area contributed by atoms with Gasteiger partial charge in [0.2, 0.25) is 5.91 Å². The van der Waals surface area contributed by atoms with Crippen molar-refractivity contribution in [3.8, 4) is 11.1 Å². The van der Waals surface area contributed by atoms with Gasteiger partial charge in [-0.25, -0.2) is 0 Å². The van der Waals surface area contributed by atoms with Gasteiger partial charge in [0.05, 0.1) is 0 Å². The molecule has 26 heavy (non-hydrogen) atoms. The average Bonchev–Trinajstić information content (AvgIpc) is 2.54. The molecule has 0 fully saturated rings. The Kier molecular flexibility index (Phi) is 5.70. The van der Waals surface area contributed by atoms with E-state index in [-0.39, 0.29) is 17.1 Å². The number of carbonyl (C=O) groups excluding carboxylic acids is 2. The van der Waals surface area contributed by atoms with Crippen LogP contribution in [0.5, 0.6) is 0 Å². The molecular formula is C23H29NO2. The second-order valence-corrected chi connectivity index (χ2v) is 8.76. The van der Waals surface area contributed by atoms with Gasteiger partial charge in [-0.2, -0.15) is 0 Å². The van der Waals surface area contributed by atoms with Crippen LogP contribution in [0.25, 0.3) is 11.1 Å². The zero-order valence-corrected chi connectivity index (χ0v) is 16.6. The SMILES string of the molecule is CC(C)(C)C(=O)Cc1ccccc1-c1ccccc1NC(=O)C(C)(C)C. The fraction of sp³-hybridized carbons (Fsp3) is 0.391. The molecule has 138 valence electrons. The Labute approximate surface area is 156 Å². The predicted molar refractivity (Wildman–Crippen MR) is 108 cm³/mol. The van der Waals surface area contributed by atoms with E-state index in [1.54, 1.807) is 0 Å². The van der Waals surface area contributed by atoms with Gasteiger partial charge in [-0.05, 0) is 17.2 Å². The van der Waals surface area contributed by atoms with Crippen molar-refractivity contribution in [2.45, 2.75) is 48.0 Å². The largest absolute Gasteiger partial charge is 0.325 e. The highest BCUT2D eigenvalue weighted by Crippen LogP contribution is 2.33. The van der Waals surface area contributed by atoms with Crippen molar-refractivity contribution in [3.05, 3.63) is 54.1 Å². The van der Waals surface area contributed by atoms with Gasteiger partial charge in [-0.3, -0.25) is 9.59 Å². The summed E-state index contributed by atoms with van der Waals surface area (Å²) in [5.74, 6) is 0.161. The van der Waals surface area contributed by atoms with Crippen molar-refractivity contribution in [2.24, 2.45) is 10.8 Å². The minimum Gasteiger partial charge on any atom is -0.325 e. The number of anilines is 1. The Balaban J connectivity index is 2.44. The summed E-state index contributed by atoms with van der Waals surface area (Å²) in [6.45, 7) is 11.5. The Hall–Kier alpha value is -2.42. The topological polar surface area (TPSA) is 46.2 Å². The maximum atomic E-state index is 12.5. The quantitative estimate of drug-likeness (QED) is 0.791. The monoisotopic (exact) mass is 351 g/mol. The molecule has 0 aliphatic heterocycles. The molecule has 0 bridgehead atoms. The predicted octanol–water partition coefficient (Wildman–Crippen LogP) is 5.50. The average molecular weight is 351 g/mol. The molecule has 0 atom stereocenters. The maximum Gasteiger partial charge on any atom is 0.229 e. The van der Waals surface area contributed by atoms with Crippen LogP contribution in [0.4, 0.5) is 5.69 Å². The van der Waals surface area contributed by atoms with Crippen molar-refractivity contribution in [1.82, 2.24) is 0 Å². The normalized spacial score (nSPS) is 11.9. The maximum absolute atomic E-state index is 12.5. The van der Waals surface area contributed by atoms with E-state index in [0.717, 1.165) is 22.4 Å². The summed E-state index contributed by atoms with van der Waals surface area (Å²) in [5.41, 5.74) is 2.80. The highest BCUT2D eigenvalue weighted by molar-refractivity contribution is 5.99. The Morgan fingerprint density at radius 2 is 1.31 bits per heavy atom. The van der Waals surface area contributed by atoms with E-state index < -0.39 is 5.41 Å². The number of Topliss-reactive ketones (excluding diaryl/α,β-unsaturated/α-hetero) is 1. The van der Waals surface area contributed by atoms with Crippen molar-refractivity contribution >= 4 is 17.4 Å². The Bertz CT molecular complexity index is 738. The third-order valence-electron chi connectivity index (χ3n) is 4.35. The van der Waals surface area contributed by atoms with E-state index in [2.05, 4.69) is 5.32 Å². The van der Waals surface area contributed by atoms with E-state index in [0.29, 0.717) is 6.42 Å².